The van der Waals surface area contributed by atoms with Crippen LogP contribution in [0.3, 0.4) is 0 Å². The number of carbonyl (C=O) groups excluding carboxylic acids is 1. The number of rotatable bonds is 11. The van der Waals surface area contributed by atoms with Crippen LogP contribution >= 0.6 is 0 Å². The van der Waals surface area contributed by atoms with Crippen molar-refractivity contribution in [3.8, 4) is 5.75 Å². The summed E-state index contributed by atoms with van der Waals surface area (Å²) in [6.07, 6.45) is 5.95. The fourth-order valence-electron chi connectivity index (χ4n) is 3.05. The first-order chi connectivity index (χ1) is 15.0. The van der Waals surface area contributed by atoms with Crippen molar-refractivity contribution in [2.24, 2.45) is 0 Å². The Hall–Kier alpha value is -3.33. The van der Waals surface area contributed by atoms with E-state index in [1.165, 1.54) is 12.1 Å². The second kappa shape index (κ2) is 10.6. The Morgan fingerprint density at radius 3 is 2.58 bits per heavy atom. The lowest BCUT2D eigenvalue weighted by atomic mass is 10.3. The van der Waals surface area contributed by atoms with E-state index in [9.17, 15) is 13.2 Å². The lowest BCUT2D eigenvalue weighted by Gasteiger charge is -2.26. The first-order valence-corrected chi connectivity index (χ1v) is 11.5. The summed E-state index contributed by atoms with van der Waals surface area (Å²) in [5, 5.41) is 2.80. The topological polar surface area (TPSA) is 93.5 Å². The molecule has 1 N–H and O–H groups in total. The van der Waals surface area contributed by atoms with Crippen molar-refractivity contribution in [1.82, 2.24) is 14.9 Å². The molecule has 0 saturated carbocycles. The van der Waals surface area contributed by atoms with E-state index in [-0.39, 0.29) is 11.4 Å². The van der Waals surface area contributed by atoms with E-state index in [1.54, 1.807) is 55.0 Å². The van der Waals surface area contributed by atoms with Gasteiger partial charge in [-0.15, -0.1) is 0 Å². The van der Waals surface area contributed by atoms with Gasteiger partial charge in [-0.25, -0.2) is 13.4 Å². The van der Waals surface area contributed by atoms with E-state index in [4.69, 9.17) is 4.74 Å². The van der Waals surface area contributed by atoms with Crippen molar-refractivity contribution in [3.05, 3.63) is 73.3 Å². The number of aryl methyl sites for hydroxylation is 1. The van der Waals surface area contributed by atoms with Crippen molar-refractivity contribution in [1.29, 1.82) is 0 Å². The first-order valence-electron chi connectivity index (χ1n) is 10.0. The molecule has 0 aliphatic carbocycles. The van der Waals surface area contributed by atoms with Crippen LogP contribution in [0.5, 0.6) is 5.75 Å². The molecule has 8 nitrogen and oxygen atoms in total. The lowest BCUT2D eigenvalue weighted by molar-refractivity contribution is -0.119. The Labute approximate surface area is 182 Å². The Balaban J connectivity index is 1.78. The minimum absolute atomic E-state index is 0.106. The number of amides is 1. The molecule has 31 heavy (non-hydrogen) atoms. The van der Waals surface area contributed by atoms with Gasteiger partial charge in [-0.05, 0) is 37.6 Å². The standard InChI is InChI=1S/C22H26N4O4S/c1-2-30-21-12-7-6-11-20(21)26(31(28,29)19-9-4-3-5-10-19)17-22(27)24-13-8-15-25-16-14-23-18-25/h3-7,9-12,14,16,18H,2,8,13,15,17H2,1H3,(H,24,27). The zero-order valence-electron chi connectivity index (χ0n) is 17.3. The maximum Gasteiger partial charge on any atom is 0.264 e. The van der Waals surface area contributed by atoms with Gasteiger partial charge < -0.3 is 14.6 Å². The average molecular weight is 443 g/mol. The summed E-state index contributed by atoms with van der Waals surface area (Å²) in [7, 11) is -3.98. The van der Waals surface area contributed by atoms with Gasteiger partial charge in [0, 0.05) is 25.5 Å². The number of nitrogens with one attached hydrogen (secondary N) is 1. The van der Waals surface area contributed by atoms with Crippen molar-refractivity contribution in [2.45, 2.75) is 24.8 Å². The predicted molar refractivity (Wildman–Crippen MR) is 118 cm³/mol. The largest absolute Gasteiger partial charge is 0.492 e. The van der Waals surface area contributed by atoms with Gasteiger partial charge in [0.1, 0.15) is 12.3 Å². The summed E-state index contributed by atoms with van der Waals surface area (Å²) in [6.45, 7) is 2.96. The number of nitrogens with zero attached hydrogens (tertiary/aromatic N) is 3. The van der Waals surface area contributed by atoms with Crippen LogP contribution in [0.15, 0.2) is 78.2 Å². The molecule has 3 aromatic rings. The molecule has 0 bridgehead atoms. The maximum absolute atomic E-state index is 13.4. The van der Waals surface area contributed by atoms with Crippen molar-refractivity contribution in [2.75, 3.05) is 24.0 Å². The minimum Gasteiger partial charge on any atom is -0.492 e. The van der Waals surface area contributed by atoms with Gasteiger partial charge in [0.2, 0.25) is 5.91 Å². The van der Waals surface area contributed by atoms with E-state index >= 15 is 0 Å². The van der Waals surface area contributed by atoms with Gasteiger partial charge in [0.15, 0.2) is 0 Å². The molecule has 0 unspecified atom stereocenters. The molecule has 1 amide bonds. The Bertz CT molecular complexity index is 1070. The highest BCUT2D eigenvalue weighted by molar-refractivity contribution is 7.92. The average Bonchev–Trinajstić information content (AvgIpc) is 3.30. The van der Waals surface area contributed by atoms with Crippen molar-refractivity contribution in [3.63, 3.8) is 0 Å². The van der Waals surface area contributed by atoms with Gasteiger partial charge in [-0.3, -0.25) is 9.10 Å². The highest BCUT2D eigenvalue weighted by Gasteiger charge is 2.29. The summed E-state index contributed by atoms with van der Waals surface area (Å²) in [4.78, 5) is 16.7. The number of sulfonamides is 1. The molecule has 0 spiro atoms. The van der Waals surface area contributed by atoms with Crippen LogP contribution in [0.2, 0.25) is 0 Å². The zero-order valence-corrected chi connectivity index (χ0v) is 18.2. The van der Waals surface area contributed by atoms with Crippen LogP contribution < -0.4 is 14.4 Å². The molecular weight excluding hydrogens is 416 g/mol. The molecule has 0 aliphatic rings. The Kier molecular flexibility index (Phi) is 7.66. The van der Waals surface area contributed by atoms with E-state index in [0.717, 1.165) is 4.31 Å². The van der Waals surface area contributed by atoms with Crippen LogP contribution in [0.25, 0.3) is 0 Å². The van der Waals surface area contributed by atoms with E-state index in [2.05, 4.69) is 10.3 Å². The molecule has 0 radical (unpaired) electrons. The summed E-state index contributed by atoms with van der Waals surface area (Å²) in [5.41, 5.74) is 0.321. The number of imidazole rings is 1. The molecule has 0 saturated heterocycles. The van der Waals surface area contributed by atoms with Crippen LogP contribution in [0.4, 0.5) is 5.69 Å². The monoisotopic (exact) mass is 442 g/mol. The number of ether oxygens (including phenoxy) is 1. The van der Waals surface area contributed by atoms with Crippen molar-refractivity contribution < 1.29 is 17.9 Å². The zero-order chi connectivity index (χ0) is 22.1. The van der Waals surface area contributed by atoms with Gasteiger partial charge in [-0.1, -0.05) is 30.3 Å². The number of hydrogen-bond acceptors (Lipinski definition) is 5. The normalized spacial score (nSPS) is 11.1. The fraction of sp³-hybridized carbons (Fsp3) is 0.273. The predicted octanol–water partition coefficient (Wildman–Crippen LogP) is 2.68. The highest BCUT2D eigenvalue weighted by Crippen LogP contribution is 2.32. The smallest absolute Gasteiger partial charge is 0.264 e. The molecule has 1 aromatic heterocycles. The van der Waals surface area contributed by atoms with Gasteiger partial charge in [0.25, 0.3) is 10.0 Å². The molecule has 9 heteroatoms. The highest BCUT2D eigenvalue weighted by atomic mass is 32.2. The minimum atomic E-state index is -3.98. The third-order valence-corrected chi connectivity index (χ3v) is 6.30. The SMILES string of the molecule is CCOc1ccccc1N(CC(=O)NCCCn1ccnc1)S(=O)(=O)c1ccccc1. The van der Waals surface area contributed by atoms with Crippen LogP contribution in [0.1, 0.15) is 13.3 Å². The molecule has 2 aromatic carbocycles. The third kappa shape index (κ3) is 5.85. The van der Waals surface area contributed by atoms with Gasteiger partial charge in [-0.2, -0.15) is 0 Å². The Morgan fingerprint density at radius 1 is 1.13 bits per heavy atom. The van der Waals surface area contributed by atoms with Crippen molar-refractivity contribution >= 4 is 21.6 Å². The van der Waals surface area contributed by atoms with E-state index in [0.29, 0.717) is 37.6 Å². The number of carbonyl (C=O) groups is 1. The van der Waals surface area contributed by atoms with Crippen LogP contribution in [-0.2, 0) is 21.4 Å². The molecular formula is C22H26N4O4S. The number of benzene rings is 2. The first kappa shape index (κ1) is 22.4. The van der Waals surface area contributed by atoms with E-state index in [1.807, 2.05) is 17.7 Å². The van der Waals surface area contributed by atoms with Crippen LogP contribution in [-0.4, -0.2) is 43.6 Å². The summed E-state index contributed by atoms with van der Waals surface area (Å²) in [6, 6.07) is 14.9. The van der Waals surface area contributed by atoms with Crippen LogP contribution in [0, 0.1) is 0 Å². The number of anilines is 1. The molecule has 164 valence electrons. The molecule has 0 atom stereocenters. The molecule has 0 aliphatic heterocycles. The quantitative estimate of drug-likeness (QED) is 0.461. The maximum atomic E-state index is 13.4. The van der Waals surface area contributed by atoms with E-state index < -0.39 is 15.9 Å². The summed E-state index contributed by atoms with van der Waals surface area (Å²) < 4.78 is 35.4. The lowest BCUT2D eigenvalue weighted by Crippen LogP contribution is -2.41. The fourth-order valence-corrected chi connectivity index (χ4v) is 4.51. The third-order valence-electron chi connectivity index (χ3n) is 4.53. The Morgan fingerprint density at radius 2 is 1.87 bits per heavy atom. The van der Waals surface area contributed by atoms with Gasteiger partial charge in [0.05, 0.1) is 23.5 Å². The number of hydrogen-bond donors (Lipinski definition) is 1. The number of aromatic nitrogens is 2. The van der Waals surface area contributed by atoms with Gasteiger partial charge >= 0.3 is 0 Å². The second-order valence-electron chi connectivity index (χ2n) is 6.73. The summed E-state index contributed by atoms with van der Waals surface area (Å²) >= 11 is 0. The molecule has 0 fully saturated rings. The number of para-hydroxylation sites is 2. The second-order valence-corrected chi connectivity index (χ2v) is 8.59. The molecule has 1 heterocycles. The summed E-state index contributed by atoms with van der Waals surface area (Å²) in [5.74, 6) is 0.00820. The molecule has 3 rings (SSSR count).